The third-order valence-corrected chi connectivity index (χ3v) is 4.28. The van der Waals surface area contributed by atoms with Gasteiger partial charge in [-0.1, -0.05) is 47.0 Å². The summed E-state index contributed by atoms with van der Waals surface area (Å²) in [7, 11) is 0. The number of carbonyl (C=O) groups excluding carboxylic acids is 1. The Morgan fingerprint density at radius 1 is 1.28 bits per heavy atom. The molecular weight excluding hydrogens is 224 g/mol. The Morgan fingerprint density at radius 3 is 2.44 bits per heavy atom. The molecule has 1 N–H and O–H groups in total. The summed E-state index contributed by atoms with van der Waals surface area (Å²) in [5, 5.41) is 3.52. The zero-order valence-corrected chi connectivity index (χ0v) is 12.7. The van der Waals surface area contributed by atoms with Gasteiger partial charge >= 0.3 is 0 Å². The molecule has 3 heteroatoms. The average molecular weight is 254 g/mol. The fourth-order valence-electron chi connectivity index (χ4n) is 2.79. The molecule has 1 saturated heterocycles. The topological polar surface area (TPSA) is 32.3 Å². The van der Waals surface area contributed by atoms with Crippen molar-refractivity contribution in [2.75, 3.05) is 0 Å². The minimum Gasteiger partial charge on any atom is -0.323 e. The van der Waals surface area contributed by atoms with Gasteiger partial charge in [-0.15, -0.1) is 0 Å². The molecule has 0 radical (unpaired) electrons. The number of unbranched alkanes of at least 4 members (excludes halogenated alkanes) is 1. The number of hydrogen-bond acceptors (Lipinski definition) is 2. The van der Waals surface area contributed by atoms with E-state index in [-0.39, 0.29) is 12.2 Å². The second-order valence-electron chi connectivity index (χ2n) is 5.69. The minimum atomic E-state index is 0.0315. The highest BCUT2D eigenvalue weighted by Crippen LogP contribution is 2.24. The minimum absolute atomic E-state index is 0.0315. The zero-order valence-electron chi connectivity index (χ0n) is 12.7. The first-order chi connectivity index (χ1) is 8.56. The third kappa shape index (κ3) is 3.25. The number of carbonyl (C=O) groups is 1. The van der Waals surface area contributed by atoms with Gasteiger partial charge in [0.2, 0.25) is 5.91 Å². The van der Waals surface area contributed by atoms with E-state index in [2.05, 4.69) is 44.8 Å². The largest absolute Gasteiger partial charge is 0.323 e. The molecule has 0 aromatic rings. The van der Waals surface area contributed by atoms with E-state index < -0.39 is 0 Å². The summed E-state index contributed by atoms with van der Waals surface area (Å²) in [6.07, 6.45) is 5.81. The van der Waals surface area contributed by atoms with Gasteiger partial charge in [0.15, 0.2) is 0 Å². The normalized spacial score (nSPS) is 27.6. The van der Waals surface area contributed by atoms with E-state index in [0.29, 0.717) is 17.9 Å². The van der Waals surface area contributed by atoms with Gasteiger partial charge in [-0.05, 0) is 25.7 Å². The molecule has 4 atom stereocenters. The molecule has 0 spiro atoms. The number of amides is 1. The van der Waals surface area contributed by atoms with Crippen molar-refractivity contribution >= 4 is 5.91 Å². The van der Waals surface area contributed by atoms with Gasteiger partial charge in [-0.3, -0.25) is 10.1 Å². The van der Waals surface area contributed by atoms with Gasteiger partial charge in [-0.25, -0.2) is 0 Å². The first-order valence-electron chi connectivity index (χ1n) is 7.64. The van der Waals surface area contributed by atoms with E-state index in [4.69, 9.17) is 0 Å². The van der Waals surface area contributed by atoms with Crippen LogP contribution in [0.4, 0.5) is 0 Å². The number of nitrogens with zero attached hydrogens (tertiary/aromatic N) is 1. The van der Waals surface area contributed by atoms with Crippen LogP contribution in [-0.4, -0.2) is 29.1 Å². The van der Waals surface area contributed by atoms with E-state index in [1.807, 2.05) is 0 Å². The Bertz CT molecular complexity index is 267. The quantitative estimate of drug-likeness (QED) is 0.757. The predicted octanol–water partition coefficient (Wildman–Crippen LogP) is 3.15. The van der Waals surface area contributed by atoms with Gasteiger partial charge in [-0.2, -0.15) is 0 Å². The molecular formula is C15H30N2O. The molecule has 1 heterocycles. The van der Waals surface area contributed by atoms with Crippen LogP contribution >= 0.6 is 0 Å². The van der Waals surface area contributed by atoms with Crippen molar-refractivity contribution in [3.05, 3.63) is 0 Å². The number of rotatable bonds is 7. The lowest BCUT2D eigenvalue weighted by atomic mass is 9.99. The van der Waals surface area contributed by atoms with Crippen molar-refractivity contribution in [2.24, 2.45) is 5.92 Å². The molecule has 106 valence electrons. The lowest BCUT2D eigenvalue weighted by Crippen LogP contribution is -2.42. The van der Waals surface area contributed by atoms with Crippen LogP contribution in [0.5, 0.6) is 0 Å². The monoisotopic (exact) mass is 254 g/mol. The van der Waals surface area contributed by atoms with Crippen molar-refractivity contribution in [2.45, 2.75) is 85.0 Å². The fourth-order valence-corrected chi connectivity index (χ4v) is 2.79. The summed E-state index contributed by atoms with van der Waals surface area (Å²) in [4.78, 5) is 14.6. The Labute approximate surface area is 112 Å². The summed E-state index contributed by atoms with van der Waals surface area (Å²) >= 11 is 0. The maximum atomic E-state index is 12.5. The molecule has 4 unspecified atom stereocenters. The molecule has 0 aromatic carbocycles. The summed E-state index contributed by atoms with van der Waals surface area (Å²) in [5.41, 5.74) is 0. The van der Waals surface area contributed by atoms with Crippen molar-refractivity contribution in [3.63, 3.8) is 0 Å². The van der Waals surface area contributed by atoms with Crippen molar-refractivity contribution in [1.29, 1.82) is 0 Å². The highest BCUT2D eigenvalue weighted by molar-refractivity contribution is 5.84. The maximum Gasteiger partial charge on any atom is 0.241 e. The predicted molar refractivity (Wildman–Crippen MR) is 76.3 cm³/mol. The number of nitrogens with one attached hydrogen (secondary N) is 1. The molecule has 1 fully saturated rings. The van der Waals surface area contributed by atoms with E-state index in [0.717, 1.165) is 19.3 Å². The van der Waals surface area contributed by atoms with Gasteiger partial charge in [0.05, 0.1) is 12.2 Å². The van der Waals surface area contributed by atoms with Gasteiger partial charge < -0.3 is 4.90 Å². The van der Waals surface area contributed by atoms with Crippen molar-refractivity contribution < 1.29 is 4.79 Å². The van der Waals surface area contributed by atoms with Crippen molar-refractivity contribution in [1.82, 2.24) is 10.2 Å². The molecule has 0 aliphatic carbocycles. The molecule has 0 bridgehead atoms. The lowest BCUT2D eigenvalue weighted by Gasteiger charge is -2.30. The molecule has 3 nitrogen and oxygen atoms in total. The lowest BCUT2D eigenvalue weighted by molar-refractivity contribution is -0.133. The molecule has 1 aliphatic rings. The van der Waals surface area contributed by atoms with Crippen LogP contribution in [0.2, 0.25) is 0 Å². The van der Waals surface area contributed by atoms with E-state index in [1.54, 1.807) is 0 Å². The summed E-state index contributed by atoms with van der Waals surface area (Å²) in [6, 6.07) is 0.396. The Hall–Kier alpha value is -0.570. The second-order valence-corrected chi connectivity index (χ2v) is 5.69. The third-order valence-electron chi connectivity index (χ3n) is 4.28. The smallest absolute Gasteiger partial charge is 0.241 e. The molecule has 1 rings (SSSR count). The van der Waals surface area contributed by atoms with Crippen LogP contribution in [0.3, 0.4) is 0 Å². The molecule has 0 aromatic heterocycles. The summed E-state index contributed by atoms with van der Waals surface area (Å²) in [6.45, 7) is 10.9. The first kappa shape index (κ1) is 15.5. The van der Waals surface area contributed by atoms with Gasteiger partial charge in [0.25, 0.3) is 0 Å². The van der Waals surface area contributed by atoms with Crippen LogP contribution in [0.25, 0.3) is 0 Å². The van der Waals surface area contributed by atoms with Gasteiger partial charge in [0, 0.05) is 6.04 Å². The number of hydrogen-bond donors (Lipinski definition) is 1. The van der Waals surface area contributed by atoms with Crippen LogP contribution in [-0.2, 0) is 4.79 Å². The van der Waals surface area contributed by atoms with E-state index >= 15 is 0 Å². The maximum absolute atomic E-state index is 12.5. The van der Waals surface area contributed by atoms with E-state index in [9.17, 15) is 4.79 Å². The van der Waals surface area contributed by atoms with Crippen LogP contribution in [0.15, 0.2) is 0 Å². The second kappa shape index (κ2) is 7.13. The summed E-state index contributed by atoms with van der Waals surface area (Å²) in [5.74, 6) is 0.745. The summed E-state index contributed by atoms with van der Waals surface area (Å²) < 4.78 is 0. The molecule has 1 aliphatic heterocycles. The van der Waals surface area contributed by atoms with Gasteiger partial charge in [0.1, 0.15) is 0 Å². The molecule has 1 amide bonds. The van der Waals surface area contributed by atoms with Crippen LogP contribution in [0.1, 0.15) is 66.7 Å². The Morgan fingerprint density at radius 2 is 1.94 bits per heavy atom. The van der Waals surface area contributed by atoms with Crippen LogP contribution < -0.4 is 5.32 Å². The molecule has 0 saturated carbocycles. The average Bonchev–Trinajstić information content (AvgIpc) is 2.72. The standard InChI is InChI=1S/C15H30N2O/c1-6-9-10-12(5)17-13(8-3)16-14(15(17)18)11(4)7-2/h11-14,16H,6-10H2,1-5H3. The Kier molecular flexibility index (Phi) is 6.13. The fraction of sp³-hybridized carbons (Fsp3) is 0.933. The highest BCUT2D eigenvalue weighted by atomic mass is 16.2. The van der Waals surface area contributed by atoms with Crippen molar-refractivity contribution in [3.8, 4) is 0 Å². The first-order valence-corrected chi connectivity index (χ1v) is 7.64. The highest BCUT2D eigenvalue weighted by Gasteiger charge is 2.41. The van der Waals surface area contributed by atoms with Crippen LogP contribution in [0, 0.1) is 5.92 Å². The SMILES string of the molecule is CCCCC(C)N1C(=O)C(C(C)CC)NC1CC. The Balaban J connectivity index is 2.73. The zero-order chi connectivity index (χ0) is 13.7. The van der Waals surface area contributed by atoms with E-state index in [1.165, 1.54) is 12.8 Å². The molecule has 18 heavy (non-hydrogen) atoms.